The van der Waals surface area contributed by atoms with Gasteiger partial charge in [-0.3, -0.25) is 4.79 Å². The first-order chi connectivity index (χ1) is 7.68. The number of hydrogen-bond acceptors (Lipinski definition) is 1. The van der Waals surface area contributed by atoms with Gasteiger partial charge in [0.1, 0.15) is 0 Å². The molecule has 1 heterocycles. The van der Waals surface area contributed by atoms with Crippen molar-refractivity contribution in [1.82, 2.24) is 4.57 Å². The SMILES string of the molecule is O=C(O)CCCn1cc(Br)c2ccccc21. The maximum absolute atomic E-state index is 10.4. The second kappa shape index (κ2) is 4.70. The third-order valence-electron chi connectivity index (χ3n) is 2.53. The highest BCUT2D eigenvalue weighted by atomic mass is 79.9. The molecule has 0 spiro atoms. The molecule has 0 amide bonds. The number of benzene rings is 1. The molecule has 0 radical (unpaired) electrons. The molecule has 1 aromatic heterocycles. The topological polar surface area (TPSA) is 42.2 Å². The van der Waals surface area contributed by atoms with Gasteiger partial charge in [-0.2, -0.15) is 0 Å². The van der Waals surface area contributed by atoms with E-state index in [1.165, 1.54) is 0 Å². The Morgan fingerprint density at radius 2 is 2.12 bits per heavy atom. The molecule has 0 unspecified atom stereocenters. The zero-order chi connectivity index (χ0) is 11.5. The van der Waals surface area contributed by atoms with E-state index < -0.39 is 5.97 Å². The van der Waals surface area contributed by atoms with Gasteiger partial charge in [0.15, 0.2) is 0 Å². The average Bonchev–Trinajstić information content (AvgIpc) is 2.57. The lowest BCUT2D eigenvalue weighted by Crippen LogP contribution is -2.00. The van der Waals surface area contributed by atoms with Crippen molar-refractivity contribution in [3.63, 3.8) is 0 Å². The third kappa shape index (κ3) is 2.27. The first kappa shape index (κ1) is 11.2. The quantitative estimate of drug-likeness (QED) is 0.935. The molecule has 0 aliphatic heterocycles. The van der Waals surface area contributed by atoms with Crippen LogP contribution in [0, 0.1) is 0 Å². The van der Waals surface area contributed by atoms with Crippen molar-refractivity contribution in [2.24, 2.45) is 0 Å². The molecule has 1 aromatic carbocycles. The zero-order valence-electron chi connectivity index (χ0n) is 8.69. The number of fused-ring (bicyclic) bond motifs is 1. The lowest BCUT2D eigenvalue weighted by atomic mass is 10.2. The molecule has 16 heavy (non-hydrogen) atoms. The van der Waals surface area contributed by atoms with Crippen LogP contribution in [-0.4, -0.2) is 15.6 Å². The van der Waals surface area contributed by atoms with Crippen molar-refractivity contribution >= 4 is 32.8 Å². The van der Waals surface area contributed by atoms with Gasteiger partial charge < -0.3 is 9.67 Å². The molecule has 3 nitrogen and oxygen atoms in total. The Kier molecular flexibility index (Phi) is 3.29. The molecular formula is C12H12BrNO2. The van der Waals surface area contributed by atoms with Gasteiger partial charge in [-0.05, 0) is 28.4 Å². The average molecular weight is 282 g/mol. The van der Waals surface area contributed by atoms with Gasteiger partial charge >= 0.3 is 5.97 Å². The number of carboxylic acids is 1. The van der Waals surface area contributed by atoms with E-state index in [2.05, 4.69) is 20.5 Å². The maximum atomic E-state index is 10.4. The van der Waals surface area contributed by atoms with Gasteiger partial charge in [-0.25, -0.2) is 0 Å². The molecule has 0 fully saturated rings. The molecule has 0 saturated carbocycles. The van der Waals surface area contributed by atoms with Crippen molar-refractivity contribution in [2.75, 3.05) is 0 Å². The highest BCUT2D eigenvalue weighted by Gasteiger charge is 2.05. The number of nitrogens with zero attached hydrogens (tertiary/aromatic N) is 1. The predicted octanol–water partition coefficient (Wildman–Crippen LogP) is 3.27. The molecular weight excluding hydrogens is 270 g/mol. The van der Waals surface area contributed by atoms with E-state index in [1.54, 1.807) is 0 Å². The summed E-state index contributed by atoms with van der Waals surface area (Å²) in [6, 6.07) is 8.07. The summed E-state index contributed by atoms with van der Waals surface area (Å²) in [4.78, 5) is 10.4. The summed E-state index contributed by atoms with van der Waals surface area (Å²) in [5, 5.41) is 9.76. The second-order valence-corrected chi connectivity index (χ2v) is 4.54. The van der Waals surface area contributed by atoms with Crippen molar-refractivity contribution in [1.29, 1.82) is 0 Å². The molecule has 2 aromatic rings. The van der Waals surface area contributed by atoms with Gasteiger partial charge in [0, 0.05) is 34.5 Å². The minimum atomic E-state index is -0.740. The Labute approximate surface area is 102 Å². The van der Waals surface area contributed by atoms with Crippen LogP contribution in [0.25, 0.3) is 10.9 Å². The standard InChI is InChI=1S/C12H12BrNO2/c13-10-8-14(7-3-6-12(15)16)11-5-2-1-4-9(10)11/h1-2,4-5,8H,3,6-7H2,(H,15,16). The normalized spacial score (nSPS) is 10.8. The summed E-state index contributed by atoms with van der Waals surface area (Å²) >= 11 is 3.50. The van der Waals surface area contributed by atoms with Crippen molar-refractivity contribution in [3.8, 4) is 0 Å². The Morgan fingerprint density at radius 1 is 1.38 bits per heavy atom. The molecule has 0 aliphatic carbocycles. The number of halogens is 1. The van der Waals surface area contributed by atoms with Crippen LogP contribution in [0.15, 0.2) is 34.9 Å². The first-order valence-electron chi connectivity index (χ1n) is 5.13. The van der Waals surface area contributed by atoms with E-state index in [-0.39, 0.29) is 6.42 Å². The van der Waals surface area contributed by atoms with Crippen LogP contribution in [0.2, 0.25) is 0 Å². The number of hydrogen-bond donors (Lipinski definition) is 1. The summed E-state index contributed by atoms with van der Waals surface area (Å²) in [6.07, 6.45) is 2.87. The number of carboxylic acid groups (broad SMARTS) is 1. The van der Waals surface area contributed by atoms with Crippen LogP contribution in [0.1, 0.15) is 12.8 Å². The highest BCUT2D eigenvalue weighted by Crippen LogP contribution is 2.26. The van der Waals surface area contributed by atoms with Crippen molar-refractivity contribution in [3.05, 3.63) is 34.9 Å². The highest BCUT2D eigenvalue weighted by molar-refractivity contribution is 9.10. The van der Waals surface area contributed by atoms with Gasteiger partial charge in [0.05, 0.1) is 0 Å². The summed E-state index contributed by atoms with van der Waals surface area (Å²) < 4.78 is 3.14. The maximum Gasteiger partial charge on any atom is 0.303 e. The van der Waals surface area contributed by atoms with Gasteiger partial charge in [0.2, 0.25) is 0 Å². The number of para-hydroxylation sites is 1. The van der Waals surface area contributed by atoms with E-state index in [9.17, 15) is 4.79 Å². The fourth-order valence-corrected chi connectivity index (χ4v) is 2.37. The molecule has 0 aliphatic rings. The Morgan fingerprint density at radius 3 is 2.88 bits per heavy atom. The molecule has 0 atom stereocenters. The number of aromatic nitrogens is 1. The third-order valence-corrected chi connectivity index (χ3v) is 3.16. The van der Waals surface area contributed by atoms with Crippen LogP contribution < -0.4 is 0 Å². The molecule has 0 saturated heterocycles. The van der Waals surface area contributed by atoms with Crippen LogP contribution in [0.4, 0.5) is 0 Å². The number of aliphatic carboxylic acids is 1. The number of carbonyl (C=O) groups is 1. The van der Waals surface area contributed by atoms with E-state index in [0.29, 0.717) is 6.42 Å². The van der Waals surface area contributed by atoms with Crippen LogP contribution in [0.3, 0.4) is 0 Å². The summed E-state index contributed by atoms with van der Waals surface area (Å²) in [5.41, 5.74) is 1.14. The second-order valence-electron chi connectivity index (χ2n) is 3.68. The fourth-order valence-electron chi connectivity index (χ4n) is 1.79. The molecule has 0 bridgehead atoms. The Balaban J connectivity index is 2.21. The lowest BCUT2D eigenvalue weighted by Gasteiger charge is -2.03. The van der Waals surface area contributed by atoms with Crippen molar-refractivity contribution in [2.45, 2.75) is 19.4 Å². The summed E-state index contributed by atoms with van der Waals surface area (Å²) in [7, 11) is 0. The van der Waals surface area contributed by atoms with E-state index in [0.717, 1.165) is 21.9 Å². The Hall–Kier alpha value is -1.29. The molecule has 84 valence electrons. The van der Waals surface area contributed by atoms with Crippen LogP contribution in [-0.2, 0) is 11.3 Å². The molecule has 2 rings (SSSR count). The predicted molar refractivity (Wildman–Crippen MR) is 66.5 cm³/mol. The van der Waals surface area contributed by atoms with E-state index in [4.69, 9.17) is 5.11 Å². The molecule has 1 N–H and O–H groups in total. The van der Waals surface area contributed by atoms with Gasteiger partial charge in [0.25, 0.3) is 0 Å². The minimum Gasteiger partial charge on any atom is -0.481 e. The summed E-state index contributed by atoms with van der Waals surface area (Å²) in [5.74, 6) is -0.740. The molecule has 4 heteroatoms. The smallest absolute Gasteiger partial charge is 0.303 e. The zero-order valence-corrected chi connectivity index (χ0v) is 10.3. The van der Waals surface area contributed by atoms with Gasteiger partial charge in [-0.1, -0.05) is 18.2 Å². The number of rotatable bonds is 4. The van der Waals surface area contributed by atoms with E-state index >= 15 is 0 Å². The Bertz CT molecular complexity index is 519. The van der Waals surface area contributed by atoms with Crippen molar-refractivity contribution < 1.29 is 9.90 Å². The van der Waals surface area contributed by atoms with E-state index in [1.807, 2.05) is 30.5 Å². The number of aryl methyl sites for hydroxylation is 1. The fraction of sp³-hybridized carbons (Fsp3) is 0.250. The lowest BCUT2D eigenvalue weighted by molar-refractivity contribution is -0.137. The minimum absolute atomic E-state index is 0.212. The first-order valence-corrected chi connectivity index (χ1v) is 5.93. The van der Waals surface area contributed by atoms with Gasteiger partial charge in [-0.15, -0.1) is 0 Å². The van der Waals surface area contributed by atoms with Crippen LogP contribution >= 0.6 is 15.9 Å². The largest absolute Gasteiger partial charge is 0.481 e. The van der Waals surface area contributed by atoms with Crippen LogP contribution in [0.5, 0.6) is 0 Å². The monoisotopic (exact) mass is 281 g/mol. The summed E-state index contributed by atoms with van der Waals surface area (Å²) in [6.45, 7) is 0.735.